The zero-order valence-electron chi connectivity index (χ0n) is 17.3. The number of nitrogens with one attached hydrogen (secondary N) is 2. The maximum atomic E-state index is 12.7. The zero-order valence-corrected chi connectivity index (χ0v) is 18.1. The summed E-state index contributed by atoms with van der Waals surface area (Å²) in [6, 6.07) is 7.41. The lowest BCUT2D eigenvalue weighted by molar-refractivity contribution is -0.130. The van der Waals surface area contributed by atoms with E-state index < -0.39 is 6.04 Å². The van der Waals surface area contributed by atoms with Crippen LogP contribution in [-0.2, 0) is 14.4 Å². The number of fused-ring (bicyclic) bond motifs is 1. The number of hydrogen-bond donors (Lipinski definition) is 2. The smallest absolute Gasteiger partial charge is 0.243 e. The van der Waals surface area contributed by atoms with Crippen LogP contribution in [0.4, 0.5) is 5.69 Å². The first kappa shape index (κ1) is 21.7. The van der Waals surface area contributed by atoms with Crippen LogP contribution in [0.5, 0.6) is 0 Å². The molecular weight excluding hydrogens is 386 g/mol. The van der Waals surface area contributed by atoms with Gasteiger partial charge in [-0.05, 0) is 30.9 Å². The molecule has 1 aliphatic carbocycles. The molecule has 29 heavy (non-hydrogen) atoms. The van der Waals surface area contributed by atoms with Crippen LogP contribution in [0.3, 0.4) is 0 Å². The maximum Gasteiger partial charge on any atom is 0.243 e. The van der Waals surface area contributed by atoms with E-state index in [1.165, 1.54) is 18.2 Å². The molecule has 1 saturated carbocycles. The summed E-state index contributed by atoms with van der Waals surface area (Å²) in [5.41, 5.74) is 0.858. The maximum absolute atomic E-state index is 12.7. The van der Waals surface area contributed by atoms with Gasteiger partial charge in [0, 0.05) is 23.9 Å². The van der Waals surface area contributed by atoms with Crippen molar-refractivity contribution in [2.24, 2.45) is 5.92 Å². The van der Waals surface area contributed by atoms with Crippen molar-refractivity contribution in [2.75, 3.05) is 17.2 Å². The van der Waals surface area contributed by atoms with Gasteiger partial charge in [-0.2, -0.15) is 0 Å². The highest BCUT2D eigenvalue weighted by Gasteiger charge is 2.28. The van der Waals surface area contributed by atoms with Crippen LogP contribution in [-0.4, -0.2) is 42.1 Å². The molecule has 6 nitrogen and oxygen atoms in total. The Morgan fingerprint density at radius 3 is 2.62 bits per heavy atom. The molecule has 0 radical (unpaired) electrons. The van der Waals surface area contributed by atoms with Crippen molar-refractivity contribution in [1.82, 2.24) is 10.6 Å². The third kappa shape index (κ3) is 5.75. The minimum absolute atomic E-state index is 0.00344. The van der Waals surface area contributed by atoms with Crippen LogP contribution < -0.4 is 15.5 Å². The van der Waals surface area contributed by atoms with E-state index in [-0.39, 0.29) is 36.1 Å². The van der Waals surface area contributed by atoms with E-state index in [0.717, 1.165) is 36.3 Å². The molecule has 1 fully saturated rings. The van der Waals surface area contributed by atoms with Crippen LogP contribution in [0.2, 0.25) is 0 Å². The Hall–Kier alpha value is -2.02. The van der Waals surface area contributed by atoms with E-state index >= 15 is 0 Å². The number of hydrogen-bond acceptors (Lipinski definition) is 4. The number of para-hydroxylation sites is 1. The fourth-order valence-electron chi connectivity index (χ4n) is 3.93. The molecule has 7 heteroatoms. The van der Waals surface area contributed by atoms with Gasteiger partial charge >= 0.3 is 0 Å². The van der Waals surface area contributed by atoms with E-state index in [2.05, 4.69) is 10.6 Å². The summed E-state index contributed by atoms with van der Waals surface area (Å²) in [5, 5.41) is 6.00. The Bertz CT molecular complexity index is 747. The van der Waals surface area contributed by atoms with Crippen LogP contribution in [0.1, 0.15) is 52.4 Å². The summed E-state index contributed by atoms with van der Waals surface area (Å²) >= 11 is 1.53. The third-order valence-electron chi connectivity index (χ3n) is 5.59. The topological polar surface area (TPSA) is 78.5 Å². The predicted molar refractivity (Wildman–Crippen MR) is 116 cm³/mol. The molecule has 158 valence electrons. The SMILES string of the molecule is CC(C)[C@H](NC(=O)CCN1C(=O)CSc2ccccc21)C(=O)NC1CCCCC1. The molecular formula is C22H31N3O3S. The molecule has 1 aromatic carbocycles. The Kier molecular flexibility index (Phi) is 7.58. The van der Waals surface area contributed by atoms with Gasteiger partial charge < -0.3 is 15.5 Å². The lowest BCUT2D eigenvalue weighted by Crippen LogP contribution is -2.52. The quantitative estimate of drug-likeness (QED) is 0.715. The molecule has 2 aliphatic rings. The molecule has 0 aromatic heterocycles. The lowest BCUT2D eigenvalue weighted by atomic mass is 9.94. The Labute approximate surface area is 177 Å². The summed E-state index contributed by atoms with van der Waals surface area (Å²) in [4.78, 5) is 40.4. The van der Waals surface area contributed by atoms with Gasteiger partial charge in [-0.15, -0.1) is 11.8 Å². The molecule has 0 spiro atoms. The second kappa shape index (κ2) is 10.1. The van der Waals surface area contributed by atoms with E-state index in [1.807, 2.05) is 38.1 Å². The molecule has 0 bridgehead atoms. The molecule has 0 saturated heterocycles. The average Bonchev–Trinajstić information content (AvgIpc) is 2.71. The van der Waals surface area contributed by atoms with Crippen LogP contribution in [0, 0.1) is 5.92 Å². The normalized spacial score (nSPS) is 18.3. The molecule has 1 aliphatic heterocycles. The highest BCUT2D eigenvalue weighted by atomic mass is 32.2. The summed E-state index contributed by atoms with van der Waals surface area (Å²) < 4.78 is 0. The van der Waals surface area contributed by atoms with Crippen molar-refractivity contribution in [2.45, 2.75) is 69.4 Å². The first-order valence-electron chi connectivity index (χ1n) is 10.6. The average molecular weight is 418 g/mol. The number of thioether (sulfide) groups is 1. The van der Waals surface area contributed by atoms with Crippen molar-refractivity contribution in [3.8, 4) is 0 Å². The van der Waals surface area contributed by atoms with Gasteiger partial charge in [0.2, 0.25) is 17.7 Å². The van der Waals surface area contributed by atoms with Crippen LogP contribution in [0.15, 0.2) is 29.2 Å². The van der Waals surface area contributed by atoms with E-state index in [4.69, 9.17) is 0 Å². The minimum atomic E-state index is -0.552. The van der Waals surface area contributed by atoms with Crippen LogP contribution in [0.25, 0.3) is 0 Å². The number of anilines is 1. The van der Waals surface area contributed by atoms with E-state index in [9.17, 15) is 14.4 Å². The summed E-state index contributed by atoms with van der Waals surface area (Å²) in [7, 11) is 0. The number of carbonyl (C=O) groups is 3. The second-order valence-electron chi connectivity index (χ2n) is 8.18. The fourth-order valence-corrected chi connectivity index (χ4v) is 4.87. The molecule has 1 atom stereocenters. The molecule has 0 unspecified atom stereocenters. The first-order chi connectivity index (χ1) is 14.0. The van der Waals surface area contributed by atoms with Gasteiger partial charge in [0.1, 0.15) is 6.04 Å². The van der Waals surface area contributed by atoms with Crippen molar-refractivity contribution in [1.29, 1.82) is 0 Å². The van der Waals surface area contributed by atoms with Crippen molar-refractivity contribution in [3.63, 3.8) is 0 Å². The Morgan fingerprint density at radius 1 is 1.17 bits per heavy atom. The molecule has 1 heterocycles. The molecule has 2 N–H and O–H groups in total. The summed E-state index contributed by atoms with van der Waals surface area (Å²) in [6.07, 6.45) is 5.72. The van der Waals surface area contributed by atoms with Crippen LogP contribution >= 0.6 is 11.8 Å². The number of benzene rings is 1. The lowest BCUT2D eigenvalue weighted by Gasteiger charge is -2.30. The first-order valence-corrected chi connectivity index (χ1v) is 11.6. The van der Waals surface area contributed by atoms with Crippen molar-refractivity contribution < 1.29 is 14.4 Å². The monoisotopic (exact) mass is 417 g/mol. The largest absolute Gasteiger partial charge is 0.352 e. The Balaban J connectivity index is 1.55. The highest BCUT2D eigenvalue weighted by Crippen LogP contribution is 2.34. The highest BCUT2D eigenvalue weighted by molar-refractivity contribution is 8.00. The number of rotatable bonds is 7. The van der Waals surface area contributed by atoms with Crippen molar-refractivity contribution >= 4 is 35.2 Å². The Morgan fingerprint density at radius 2 is 1.90 bits per heavy atom. The second-order valence-corrected chi connectivity index (χ2v) is 9.20. The number of amides is 3. The van der Waals surface area contributed by atoms with Gasteiger partial charge in [-0.25, -0.2) is 0 Å². The van der Waals surface area contributed by atoms with Gasteiger partial charge in [0.05, 0.1) is 11.4 Å². The zero-order chi connectivity index (χ0) is 20.8. The van der Waals surface area contributed by atoms with E-state index in [1.54, 1.807) is 4.90 Å². The summed E-state index contributed by atoms with van der Waals surface area (Å²) in [5.74, 6) is 0.0899. The number of carbonyl (C=O) groups excluding carboxylic acids is 3. The molecule has 3 rings (SSSR count). The third-order valence-corrected chi connectivity index (χ3v) is 6.64. The fraction of sp³-hybridized carbons (Fsp3) is 0.591. The minimum Gasteiger partial charge on any atom is -0.352 e. The number of nitrogens with zero attached hydrogens (tertiary/aromatic N) is 1. The standard InChI is InChI=1S/C22H31N3O3S/c1-15(2)21(22(28)23-16-8-4-3-5-9-16)24-19(26)12-13-25-17-10-6-7-11-18(17)29-14-20(25)27/h6-7,10-11,15-16,21H,3-5,8-9,12-14H2,1-2H3,(H,23,28)(H,24,26)/t21-/m0/s1. The van der Waals surface area contributed by atoms with Gasteiger partial charge in [0.15, 0.2) is 0 Å². The molecule has 1 aromatic rings. The summed E-state index contributed by atoms with van der Waals surface area (Å²) in [6.45, 7) is 4.19. The van der Waals surface area contributed by atoms with Gasteiger partial charge in [0.25, 0.3) is 0 Å². The van der Waals surface area contributed by atoms with Gasteiger partial charge in [-0.1, -0.05) is 45.2 Å². The van der Waals surface area contributed by atoms with E-state index in [0.29, 0.717) is 12.3 Å². The molecule has 3 amide bonds. The van der Waals surface area contributed by atoms with Gasteiger partial charge in [-0.3, -0.25) is 14.4 Å². The van der Waals surface area contributed by atoms with Crippen molar-refractivity contribution in [3.05, 3.63) is 24.3 Å². The predicted octanol–water partition coefficient (Wildman–Crippen LogP) is 3.11.